The first kappa shape index (κ1) is 21.5. The molecule has 3 aliphatic rings. The Morgan fingerprint density at radius 3 is 2.46 bits per heavy atom. The van der Waals surface area contributed by atoms with E-state index in [4.69, 9.17) is 0 Å². The summed E-state index contributed by atoms with van der Waals surface area (Å²) < 4.78 is 0. The Morgan fingerprint density at radius 2 is 1.77 bits per heavy atom. The van der Waals surface area contributed by atoms with Crippen molar-refractivity contribution in [1.29, 1.82) is 0 Å². The molecular formula is C19H35ClN4O2. The standard InChI is InChI=1S/C19H34N4O2.ClH/c1-15(21-19(25)16-5-3-2-4-6-16)13-18(24)23-10-7-17(14-23)22-11-8-20-9-12-22;/h15-17,20H,2-14H2,1H3,(H,21,25);1H. The smallest absolute Gasteiger partial charge is 0.224 e. The molecule has 0 spiro atoms. The van der Waals surface area contributed by atoms with Crippen LogP contribution in [0.5, 0.6) is 0 Å². The van der Waals surface area contributed by atoms with Gasteiger partial charge in [0.25, 0.3) is 0 Å². The van der Waals surface area contributed by atoms with E-state index in [0.717, 1.165) is 71.4 Å². The quantitative estimate of drug-likeness (QED) is 0.749. The van der Waals surface area contributed by atoms with E-state index < -0.39 is 0 Å². The van der Waals surface area contributed by atoms with E-state index in [1.165, 1.54) is 6.42 Å². The molecule has 0 bridgehead atoms. The molecular weight excluding hydrogens is 352 g/mol. The van der Waals surface area contributed by atoms with Gasteiger partial charge < -0.3 is 15.5 Å². The van der Waals surface area contributed by atoms with Crippen molar-refractivity contribution in [2.24, 2.45) is 5.92 Å². The molecule has 0 aromatic heterocycles. The summed E-state index contributed by atoms with van der Waals surface area (Å²) in [6.07, 6.45) is 7.08. The molecule has 2 saturated heterocycles. The molecule has 3 rings (SSSR count). The van der Waals surface area contributed by atoms with Crippen LogP contribution in [0.25, 0.3) is 0 Å². The molecule has 0 aromatic carbocycles. The normalized spacial score (nSPS) is 26.2. The second-order valence-corrected chi connectivity index (χ2v) is 8.02. The average Bonchev–Trinajstić information content (AvgIpc) is 3.13. The van der Waals surface area contributed by atoms with Crippen LogP contribution < -0.4 is 10.6 Å². The number of carbonyl (C=O) groups is 2. The monoisotopic (exact) mass is 386 g/mol. The number of hydrogen-bond donors (Lipinski definition) is 2. The van der Waals surface area contributed by atoms with E-state index in [1.807, 2.05) is 11.8 Å². The Bertz CT molecular complexity index is 464. The van der Waals surface area contributed by atoms with Crippen LogP contribution in [0.3, 0.4) is 0 Å². The minimum Gasteiger partial charge on any atom is -0.353 e. The fourth-order valence-corrected chi connectivity index (χ4v) is 4.48. The van der Waals surface area contributed by atoms with Crippen LogP contribution in [-0.4, -0.2) is 73.0 Å². The third-order valence-electron chi connectivity index (χ3n) is 6.03. The molecule has 0 radical (unpaired) electrons. The second-order valence-electron chi connectivity index (χ2n) is 8.02. The number of hydrogen-bond acceptors (Lipinski definition) is 4. The molecule has 26 heavy (non-hydrogen) atoms. The molecule has 150 valence electrons. The average molecular weight is 387 g/mol. The Balaban J connectivity index is 0.00000243. The number of halogens is 1. The van der Waals surface area contributed by atoms with E-state index >= 15 is 0 Å². The highest BCUT2D eigenvalue weighted by molar-refractivity contribution is 5.85. The fourth-order valence-electron chi connectivity index (χ4n) is 4.48. The van der Waals surface area contributed by atoms with E-state index in [9.17, 15) is 9.59 Å². The van der Waals surface area contributed by atoms with Crippen LogP contribution in [0, 0.1) is 5.92 Å². The molecule has 2 atom stereocenters. The Kier molecular flexibility index (Phi) is 8.64. The first-order valence-electron chi connectivity index (χ1n) is 10.2. The van der Waals surface area contributed by atoms with Crippen LogP contribution in [-0.2, 0) is 9.59 Å². The van der Waals surface area contributed by atoms with Crippen molar-refractivity contribution < 1.29 is 9.59 Å². The van der Waals surface area contributed by atoms with Crippen molar-refractivity contribution in [2.45, 2.75) is 64.0 Å². The van der Waals surface area contributed by atoms with Gasteiger partial charge in [-0.1, -0.05) is 19.3 Å². The maximum Gasteiger partial charge on any atom is 0.224 e. The molecule has 0 aromatic rings. The van der Waals surface area contributed by atoms with Gasteiger partial charge in [0.2, 0.25) is 11.8 Å². The van der Waals surface area contributed by atoms with Gasteiger partial charge in [-0.05, 0) is 26.2 Å². The molecule has 2 N–H and O–H groups in total. The summed E-state index contributed by atoms with van der Waals surface area (Å²) in [5.74, 6) is 0.504. The highest BCUT2D eigenvalue weighted by atomic mass is 35.5. The van der Waals surface area contributed by atoms with Crippen LogP contribution in [0.1, 0.15) is 51.9 Å². The maximum atomic E-state index is 12.6. The lowest BCUT2D eigenvalue weighted by atomic mass is 9.88. The number of nitrogens with zero attached hydrogens (tertiary/aromatic N) is 2. The third kappa shape index (κ3) is 5.83. The summed E-state index contributed by atoms with van der Waals surface area (Å²) in [6, 6.07) is 0.443. The lowest BCUT2D eigenvalue weighted by molar-refractivity contribution is -0.131. The summed E-state index contributed by atoms with van der Waals surface area (Å²) in [5.41, 5.74) is 0. The van der Waals surface area contributed by atoms with E-state index in [1.54, 1.807) is 0 Å². The fraction of sp³-hybridized carbons (Fsp3) is 0.895. The van der Waals surface area contributed by atoms with Gasteiger partial charge in [-0.15, -0.1) is 12.4 Å². The molecule has 2 aliphatic heterocycles. The zero-order chi connectivity index (χ0) is 17.6. The number of rotatable bonds is 5. The highest BCUT2D eigenvalue weighted by Crippen LogP contribution is 2.24. The first-order valence-corrected chi connectivity index (χ1v) is 10.2. The van der Waals surface area contributed by atoms with E-state index in [2.05, 4.69) is 15.5 Å². The summed E-state index contributed by atoms with van der Waals surface area (Å²) in [6.45, 7) is 7.94. The second kappa shape index (κ2) is 10.5. The lowest BCUT2D eigenvalue weighted by Gasteiger charge is -2.32. The van der Waals surface area contributed by atoms with Crippen LogP contribution in [0.4, 0.5) is 0 Å². The number of carbonyl (C=O) groups excluding carboxylic acids is 2. The predicted octanol–water partition coefficient (Wildman–Crippen LogP) is 1.39. The highest BCUT2D eigenvalue weighted by Gasteiger charge is 2.31. The SMILES string of the molecule is CC(CC(=O)N1CCC(N2CCNCC2)C1)NC(=O)C1CCCCC1.Cl. The lowest BCUT2D eigenvalue weighted by Crippen LogP contribution is -2.49. The number of nitrogens with one attached hydrogen (secondary N) is 2. The molecule has 2 unspecified atom stereocenters. The summed E-state index contributed by atoms with van der Waals surface area (Å²) in [7, 11) is 0. The molecule has 6 nitrogen and oxygen atoms in total. The Labute approximate surface area is 163 Å². The van der Waals surface area contributed by atoms with Crippen molar-refractivity contribution in [1.82, 2.24) is 20.4 Å². The molecule has 2 heterocycles. The van der Waals surface area contributed by atoms with Gasteiger partial charge >= 0.3 is 0 Å². The Morgan fingerprint density at radius 1 is 1.08 bits per heavy atom. The van der Waals surface area contributed by atoms with Crippen molar-refractivity contribution in [3.8, 4) is 0 Å². The topological polar surface area (TPSA) is 64.7 Å². The van der Waals surface area contributed by atoms with Gasteiger partial charge in [0.1, 0.15) is 0 Å². The first-order chi connectivity index (χ1) is 12.1. The largest absolute Gasteiger partial charge is 0.353 e. The molecule has 7 heteroatoms. The summed E-state index contributed by atoms with van der Waals surface area (Å²) in [4.78, 5) is 29.4. The Hall–Kier alpha value is -0.850. The summed E-state index contributed by atoms with van der Waals surface area (Å²) in [5, 5.41) is 6.45. The van der Waals surface area contributed by atoms with Crippen LogP contribution >= 0.6 is 12.4 Å². The zero-order valence-corrected chi connectivity index (χ0v) is 16.9. The number of amides is 2. The molecule has 1 saturated carbocycles. The van der Waals surface area contributed by atoms with Crippen LogP contribution in [0.15, 0.2) is 0 Å². The van der Waals surface area contributed by atoms with Gasteiger partial charge in [-0.3, -0.25) is 14.5 Å². The van der Waals surface area contributed by atoms with Crippen molar-refractivity contribution in [2.75, 3.05) is 39.3 Å². The van der Waals surface area contributed by atoms with Gasteiger partial charge in [-0.2, -0.15) is 0 Å². The maximum absolute atomic E-state index is 12.6. The summed E-state index contributed by atoms with van der Waals surface area (Å²) >= 11 is 0. The molecule has 3 fully saturated rings. The minimum atomic E-state index is -0.0693. The molecule has 1 aliphatic carbocycles. The van der Waals surface area contributed by atoms with Gasteiger partial charge in [0, 0.05) is 63.7 Å². The van der Waals surface area contributed by atoms with Gasteiger partial charge in [-0.25, -0.2) is 0 Å². The van der Waals surface area contributed by atoms with Crippen molar-refractivity contribution in [3.63, 3.8) is 0 Å². The molecule has 2 amide bonds. The van der Waals surface area contributed by atoms with Crippen molar-refractivity contribution >= 4 is 24.2 Å². The third-order valence-corrected chi connectivity index (χ3v) is 6.03. The van der Waals surface area contributed by atoms with Gasteiger partial charge in [0.05, 0.1) is 0 Å². The van der Waals surface area contributed by atoms with Gasteiger partial charge in [0.15, 0.2) is 0 Å². The van der Waals surface area contributed by atoms with Crippen LogP contribution in [0.2, 0.25) is 0 Å². The van der Waals surface area contributed by atoms with E-state index in [-0.39, 0.29) is 36.2 Å². The minimum absolute atomic E-state index is 0. The van der Waals surface area contributed by atoms with Crippen molar-refractivity contribution in [3.05, 3.63) is 0 Å². The number of likely N-dealkylation sites (tertiary alicyclic amines) is 1. The number of piperazine rings is 1. The van der Waals surface area contributed by atoms with E-state index in [0.29, 0.717) is 12.5 Å². The zero-order valence-electron chi connectivity index (χ0n) is 16.0. The predicted molar refractivity (Wildman–Crippen MR) is 105 cm³/mol.